The smallest absolute Gasteiger partial charge is 0.252 e. The maximum absolute atomic E-state index is 12.5. The Kier molecular flexibility index (Phi) is 4.43. The van der Waals surface area contributed by atoms with Crippen LogP contribution in [-0.2, 0) is 0 Å². The third kappa shape index (κ3) is 3.70. The van der Waals surface area contributed by atoms with Crippen LogP contribution in [0.3, 0.4) is 0 Å². The van der Waals surface area contributed by atoms with E-state index in [2.05, 4.69) is 5.32 Å². The van der Waals surface area contributed by atoms with E-state index in [4.69, 9.17) is 11.6 Å². The molecule has 108 valence electrons. The lowest BCUT2D eigenvalue weighted by molar-refractivity contribution is 0.0798. The van der Waals surface area contributed by atoms with Crippen LogP contribution in [0, 0.1) is 0 Å². The maximum atomic E-state index is 12.5. The summed E-state index contributed by atoms with van der Waals surface area (Å²) in [6.45, 7) is 3.38. The number of hydrogen-bond acceptors (Lipinski definition) is 2. The highest BCUT2D eigenvalue weighted by Gasteiger charge is 2.30. The van der Waals surface area contributed by atoms with E-state index in [-0.39, 0.29) is 11.7 Å². The molecule has 2 rings (SSSR count). The maximum Gasteiger partial charge on any atom is 0.252 e. The second-order valence-corrected chi connectivity index (χ2v) is 5.72. The predicted octanol–water partition coefficient (Wildman–Crippen LogP) is 3.73. The highest BCUT2D eigenvalue weighted by atomic mass is 35.5. The summed E-state index contributed by atoms with van der Waals surface area (Å²) in [5.74, 6) is -0.439. The molecule has 3 nitrogen and oxygen atoms in total. The van der Waals surface area contributed by atoms with Gasteiger partial charge < -0.3 is 5.32 Å². The molecule has 21 heavy (non-hydrogen) atoms. The zero-order valence-corrected chi connectivity index (χ0v) is 12.6. The number of halogens is 1. The lowest BCUT2D eigenvalue weighted by Crippen LogP contribution is -2.49. The Hall–Kier alpha value is -2.13. The molecular weight excluding hydrogens is 286 g/mol. The Balaban J connectivity index is 2.15. The number of nitrogens with one attached hydrogen (secondary N) is 1. The lowest BCUT2D eigenvalue weighted by Gasteiger charge is -2.25. The molecular formula is C17H16ClNO2. The molecule has 0 aliphatic rings. The van der Waals surface area contributed by atoms with Crippen molar-refractivity contribution in [2.24, 2.45) is 0 Å². The summed E-state index contributed by atoms with van der Waals surface area (Å²) >= 11 is 5.79. The molecule has 0 radical (unpaired) electrons. The Morgan fingerprint density at radius 2 is 1.48 bits per heavy atom. The minimum absolute atomic E-state index is 0.134. The third-order valence-corrected chi connectivity index (χ3v) is 3.39. The Bertz CT molecular complexity index is 648. The normalized spacial score (nSPS) is 11.0. The zero-order valence-electron chi connectivity index (χ0n) is 11.9. The molecule has 0 unspecified atom stereocenters. The number of rotatable bonds is 4. The van der Waals surface area contributed by atoms with Crippen LogP contribution in [0.2, 0.25) is 5.02 Å². The van der Waals surface area contributed by atoms with E-state index in [0.717, 1.165) is 0 Å². The SMILES string of the molecule is CC(C)(NC(=O)c1ccc(Cl)cc1)C(=O)c1ccccc1. The summed E-state index contributed by atoms with van der Waals surface area (Å²) in [6.07, 6.45) is 0. The van der Waals surface area contributed by atoms with Gasteiger partial charge in [0.1, 0.15) is 0 Å². The number of benzene rings is 2. The Morgan fingerprint density at radius 3 is 2.05 bits per heavy atom. The molecule has 0 fully saturated rings. The van der Waals surface area contributed by atoms with Gasteiger partial charge >= 0.3 is 0 Å². The van der Waals surface area contributed by atoms with Gasteiger partial charge in [0.05, 0.1) is 5.54 Å². The molecule has 0 aliphatic carbocycles. The zero-order chi connectivity index (χ0) is 15.5. The fourth-order valence-corrected chi connectivity index (χ4v) is 2.09. The number of Topliss-reactive ketones (excluding diaryl/α,β-unsaturated/α-hetero) is 1. The van der Waals surface area contributed by atoms with Crippen LogP contribution < -0.4 is 5.32 Å². The van der Waals surface area contributed by atoms with E-state index in [9.17, 15) is 9.59 Å². The van der Waals surface area contributed by atoms with E-state index in [0.29, 0.717) is 16.1 Å². The van der Waals surface area contributed by atoms with Crippen LogP contribution >= 0.6 is 11.6 Å². The quantitative estimate of drug-likeness (QED) is 0.875. The van der Waals surface area contributed by atoms with Crippen LogP contribution in [-0.4, -0.2) is 17.2 Å². The van der Waals surface area contributed by atoms with Crippen molar-refractivity contribution in [1.29, 1.82) is 0 Å². The van der Waals surface area contributed by atoms with Gasteiger partial charge in [-0.3, -0.25) is 9.59 Å². The Labute approximate surface area is 128 Å². The van der Waals surface area contributed by atoms with Crippen LogP contribution in [0.5, 0.6) is 0 Å². The second-order valence-electron chi connectivity index (χ2n) is 5.28. The van der Waals surface area contributed by atoms with Gasteiger partial charge in [-0.1, -0.05) is 41.9 Å². The molecule has 0 atom stereocenters. The standard InChI is InChI=1S/C17H16ClNO2/c1-17(2,15(20)12-6-4-3-5-7-12)19-16(21)13-8-10-14(18)11-9-13/h3-11H,1-2H3,(H,19,21). The topological polar surface area (TPSA) is 46.2 Å². The van der Waals surface area contributed by atoms with Crippen molar-refractivity contribution >= 4 is 23.3 Å². The summed E-state index contributed by atoms with van der Waals surface area (Å²) in [6, 6.07) is 15.4. The van der Waals surface area contributed by atoms with Gasteiger partial charge in [0.2, 0.25) is 0 Å². The van der Waals surface area contributed by atoms with E-state index in [1.165, 1.54) is 0 Å². The monoisotopic (exact) mass is 301 g/mol. The van der Waals surface area contributed by atoms with Gasteiger partial charge in [0.15, 0.2) is 5.78 Å². The average molecular weight is 302 g/mol. The van der Waals surface area contributed by atoms with Gasteiger partial charge in [-0.25, -0.2) is 0 Å². The molecule has 2 aromatic rings. The minimum atomic E-state index is -0.988. The number of carbonyl (C=O) groups excluding carboxylic acids is 2. The summed E-state index contributed by atoms with van der Waals surface area (Å²) in [5, 5.41) is 3.32. The molecule has 1 amide bonds. The van der Waals surface area contributed by atoms with E-state index in [1.807, 2.05) is 6.07 Å². The van der Waals surface area contributed by atoms with Gasteiger partial charge in [-0.2, -0.15) is 0 Å². The van der Waals surface area contributed by atoms with Crippen molar-refractivity contribution in [2.45, 2.75) is 19.4 Å². The fourth-order valence-electron chi connectivity index (χ4n) is 1.96. The number of amides is 1. The van der Waals surface area contributed by atoms with Crippen LogP contribution in [0.1, 0.15) is 34.6 Å². The summed E-state index contributed by atoms with van der Waals surface area (Å²) in [5.41, 5.74) is 0.0465. The average Bonchev–Trinajstić information content (AvgIpc) is 2.47. The first-order valence-corrected chi connectivity index (χ1v) is 6.96. The van der Waals surface area contributed by atoms with Gasteiger partial charge in [0, 0.05) is 16.1 Å². The molecule has 0 saturated carbocycles. The van der Waals surface area contributed by atoms with Crippen molar-refractivity contribution in [3.05, 3.63) is 70.7 Å². The lowest BCUT2D eigenvalue weighted by atomic mass is 9.93. The largest absolute Gasteiger partial charge is 0.340 e. The molecule has 0 aromatic heterocycles. The van der Waals surface area contributed by atoms with Crippen molar-refractivity contribution in [3.8, 4) is 0 Å². The molecule has 0 spiro atoms. The number of hydrogen-bond donors (Lipinski definition) is 1. The Morgan fingerprint density at radius 1 is 0.905 bits per heavy atom. The van der Waals surface area contributed by atoms with Crippen molar-refractivity contribution in [1.82, 2.24) is 5.32 Å². The molecule has 0 aliphatic heterocycles. The molecule has 2 aromatic carbocycles. The van der Waals surface area contributed by atoms with Gasteiger partial charge in [0.25, 0.3) is 5.91 Å². The first-order chi connectivity index (χ1) is 9.90. The first-order valence-electron chi connectivity index (χ1n) is 6.58. The number of carbonyl (C=O) groups is 2. The van der Waals surface area contributed by atoms with Crippen LogP contribution in [0.25, 0.3) is 0 Å². The highest BCUT2D eigenvalue weighted by molar-refractivity contribution is 6.30. The van der Waals surface area contributed by atoms with E-state index in [1.54, 1.807) is 62.4 Å². The molecule has 0 saturated heterocycles. The summed E-state index contributed by atoms with van der Waals surface area (Å²) in [4.78, 5) is 24.7. The van der Waals surface area contributed by atoms with Gasteiger partial charge in [-0.15, -0.1) is 0 Å². The molecule has 4 heteroatoms. The summed E-state index contributed by atoms with van der Waals surface area (Å²) < 4.78 is 0. The molecule has 0 heterocycles. The summed E-state index contributed by atoms with van der Waals surface area (Å²) in [7, 11) is 0. The van der Waals surface area contributed by atoms with E-state index >= 15 is 0 Å². The van der Waals surface area contributed by atoms with Crippen molar-refractivity contribution in [3.63, 3.8) is 0 Å². The van der Waals surface area contributed by atoms with E-state index < -0.39 is 5.54 Å². The molecule has 1 N–H and O–H groups in total. The minimum Gasteiger partial charge on any atom is -0.340 e. The van der Waals surface area contributed by atoms with Crippen molar-refractivity contribution in [2.75, 3.05) is 0 Å². The van der Waals surface area contributed by atoms with Crippen molar-refractivity contribution < 1.29 is 9.59 Å². The molecule has 0 bridgehead atoms. The first kappa shape index (κ1) is 15.3. The van der Waals surface area contributed by atoms with Crippen LogP contribution in [0.15, 0.2) is 54.6 Å². The van der Waals surface area contributed by atoms with Gasteiger partial charge in [-0.05, 0) is 38.1 Å². The number of ketones is 1. The van der Waals surface area contributed by atoms with Crippen LogP contribution in [0.4, 0.5) is 0 Å². The highest BCUT2D eigenvalue weighted by Crippen LogP contribution is 2.15. The second kappa shape index (κ2) is 6.10. The predicted molar refractivity (Wildman–Crippen MR) is 83.8 cm³/mol. The third-order valence-electron chi connectivity index (χ3n) is 3.14. The fraction of sp³-hybridized carbons (Fsp3) is 0.176.